The van der Waals surface area contributed by atoms with Gasteiger partial charge in [0.15, 0.2) is 0 Å². The summed E-state index contributed by atoms with van der Waals surface area (Å²) in [6, 6.07) is 8.18. The van der Waals surface area contributed by atoms with Gasteiger partial charge in [-0.1, -0.05) is 17.7 Å². The lowest BCUT2D eigenvalue weighted by atomic mass is 10.1. The standard InChI is InChI=1S/C19H21ClN4O3S/c1-2-7-22-28(26,27)18-14-15(3-4-17(18)20)19(25)24-12-10-23(11-13-24)16-5-8-21-9-6-16/h2-6,8-9,14,22H,1,7,10-13H2. The first-order chi connectivity index (χ1) is 13.4. The molecular formula is C19H21ClN4O3S. The topological polar surface area (TPSA) is 82.6 Å². The lowest BCUT2D eigenvalue weighted by Crippen LogP contribution is -2.48. The number of rotatable bonds is 6. The molecule has 1 amide bonds. The van der Waals surface area contributed by atoms with Crippen molar-refractivity contribution >= 4 is 33.2 Å². The fourth-order valence-corrected chi connectivity index (χ4v) is 4.52. The molecule has 1 aromatic carbocycles. The Hall–Kier alpha value is -2.42. The average Bonchev–Trinajstić information content (AvgIpc) is 2.73. The summed E-state index contributed by atoms with van der Waals surface area (Å²) in [7, 11) is -3.82. The molecule has 1 aliphatic rings. The summed E-state index contributed by atoms with van der Waals surface area (Å²) >= 11 is 6.06. The highest BCUT2D eigenvalue weighted by Gasteiger charge is 2.25. The van der Waals surface area contributed by atoms with Gasteiger partial charge in [-0.25, -0.2) is 13.1 Å². The minimum atomic E-state index is -3.82. The number of benzene rings is 1. The summed E-state index contributed by atoms with van der Waals surface area (Å²) in [5, 5.41) is 0.0654. The molecule has 0 saturated carbocycles. The van der Waals surface area contributed by atoms with E-state index in [4.69, 9.17) is 11.6 Å². The van der Waals surface area contributed by atoms with Crippen molar-refractivity contribution < 1.29 is 13.2 Å². The number of halogens is 1. The Labute approximate surface area is 169 Å². The molecule has 0 aliphatic carbocycles. The van der Waals surface area contributed by atoms with E-state index in [1.165, 1.54) is 18.2 Å². The normalized spacial score (nSPS) is 14.8. The number of amides is 1. The smallest absolute Gasteiger partial charge is 0.254 e. The highest BCUT2D eigenvalue weighted by molar-refractivity contribution is 7.89. The van der Waals surface area contributed by atoms with Crippen molar-refractivity contribution in [2.75, 3.05) is 37.6 Å². The van der Waals surface area contributed by atoms with Crippen molar-refractivity contribution in [3.63, 3.8) is 0 Å². The largest absolute Gasteiger partial charge is 0.368 e. The monoisotopic (exact) mass is 420 g/mol. The second kappa shape index (κ2) is 8.72. The fraction of sp³-hybridized carbons (Fsp3) is 0.263. The number of anilines is 1. The van der Waals surface area contributed by atoms with Gasteiger partial charge in [0.2, 0.25) is 10.0 Å². The highest BCUT2D eigenvalue weighted by atomic mass is 35.5. The van der Waals surface area contributed by atoms with Crippen LogP contribution in [-0.4, -0.2) is 56.9 Å². The number of sulfonamides is 1. The SMILES string of the molecule is C=CCNS(=O)(=O)c1cc(C(=O)N2CCN(c3ccncc3)CC2)ccc1Cl. The van der Waals surface area contributed by atoms with Crippen LogP contribution in [0.2, 0.25) is 5.02 Å². The lowest BCUT2D eigenvalue weighted by Gasteiger charge is -2.36. The molecule has 1 fully saturated rings. The minimum absolute atomic E-state index is 0.0654. The molecular weight excluding hydrogens is 400 g/mol. The van der Waals surface area contributed by atoms with Crippen molar-refractivity contribution in [1.82, 2.24) is 14.6 Å². The van der Waals surface area contributed by atoms with E-state index < -0.39 is 10.0 Å². The van der Waals surface area contributed by atoms with Gasteiger partial charge in [0.1, 0.15) is 4.90 Å². The number of carbonyl (C=O) groups is 1. The summed E-state index contributed by atoms with van der Waals surface area (Å²) in [5.41, 5.74) is 1.36. The van der Waals surface area contributed by atoms with Crippen molar-refractivity contribution in [3.8, 4) is 0 Å². The molecule has 3 rings (SSSR count). The predicted octanol–water partition coefficient (Wildman–Crippen LogP) is 2.16. The van der Waals surface area contributed by atoms with Gasteiger partial charge in [-0.3, -0.25) is 9.78 Å². The van der Waals surface area contributed by atoms with Crippen LogP contribution in [0.5, 0.6) is 0 Å². The Morgan fingerprint density at radius 2 is 1.86 bits per heavy atom. The zero-order valence-electron chi connectivity index (χ0n) is 15.2. The zero-order valence-corrected chi connectivity index (χ0v) is 16.8. The fourth-order valence-electron chi connectivity index (χ4n) is 2.99. The third-order valence-electron chi connectivity index (χ3n) is 4.48. The van der Waals surface area contributed by atoms with Gasteiger partial charge < -0.3 is 9.80 Å². The molecule has 7 nitrogen and oxygen atoms in total. The van der Waals surface area contributed by atoms with Crippen LogP contribution in [0.1, 0.15) is 10.4 Å². The number of piperazine rings is 1. The summed E-state index contributed by atoms with van der Waals surface area (Å²) in [6.07, 6.45) is 4.91. The summed E-state index contributed by atoms with van der Waals surface area (Å²) in [4.78, 5) is 20.7. The molecule has 0 bridgehead atoms. The molecule has 1 aliphatic heterocycles. The third-order valence-corrected chi connectivity index (χ3v) is 6.39. The van der Waals surface area contributed by atoms with Crippen LogP contribution in [0, 0.1) is 0 Å². The van der Waals surface area contributed by atoms with E-state index in [0.717, 1.165) is 5.69 Å². The molecule has 2 heterocycles. The Kier molecular flexibility index (Phi) is 6.33. The van der Waals surface area contributed by atoms with Crippen LogP contribution in [0.4, 0.5) is 5.69 Å². The highest BCUT2D eigenvalue weighted by Crippen LogP contribution is 2.24. The van der Waals surface area contributed by atoms with Gasteiger partial charge >= 0.3 is 0 Å². The van der Waals surface area contributed by atoms with Gasteiger partial charge in [0.25, 0.3) is 5.91 Å². The number of aromatic nitrogens is 1. The maximum Gasteiger partial charge on any atom is 0.254 e. The number of nitrogens with one attached hydrogen (secondary N) is 1. The maximum absolute atomic E-state index is 12.9. The Balaban J connectivity index is 1.73. The Morgan fingerprint density at radius 1 is 1.18 bits per heavy atom. The number of carbonyl (C=O) groups excluding carboxylic acids is 1. The molecule has 28 heavy (non-hydrogen) atoms. The second-order valence-corrected chi connectivity index (χ2v) is 8.41. The van der Waals surface area contributed by atoms with Crippen LogP contribution in [-0.2, 0) is 10.0 Å². The number of pyridine rings is 1. The van der Waals surface area contributed by atoms with Gasteiger partial charge in [-0.05, 0) is 30.3 Å². The molecule has 1 aromatic heterocycles. The van der Waals surface area contributed by atoms with E-state index in [1.54, 1.807) is 23.4 Å². The summed E-state index contributed by atoms with van der Waals surface area (Å²) in [5.74, 6) is -0.216. The van der Waals surface area contributed by atoms with Gasteiger partial charge in [0, 0.05) is 56.4 Å². The quantitative estimate of drug-likeness (QED) is 0.724. The zero-order chi connectivity index (χ0) is 20.1. The van der Waals surface area contributed by atoms with Crippen molar-refractivity contribution in [2.45, 2.75) is 4.90 Å². The van der Waals surface area contributed by atoms with Crippen LogP contribution >= 0.6 is 11.6 Å². The van der Waals surface area contributed by atoms with Crippen LogP contribution in [0.25, 0.3) is 0 Å². The number of nitrogens with zero attached hydrogens (tertiary/aromatic N) is 3. The summed E-state index contributed by atoms with van der Waals surface area (Å²) < 4.78 is 27.1. The molecule has 9 heteroatoms. The molecule has 0 spiro atoms. The number of hydrogen-bond acceptors (Lipinski definition) is 5. The first kappa shape index (κ1) is 20.3. The van der Waals surface area contributed by atoms with Crippen LogP contribution in [0.15, 0.2) is 60.3 Å². The molecule has 1 N–H and O–H groups in total. The molecule has 148 valence electrons. The molecule has 0 atom stereocenters. The van der Waals surface area contributed by atoms with Crippen LogP contribution < -0.4 is 9.62 Å². The van der Waals surface area contributed by atoms with Gasteiger partial charge in [0.05, 0.1) is 5.02 Å². The second-order valence-electron chi connectivity index (χ2n) is 6.27. The minimum Gasteiger partial charge on any atom is -0.368 e. The van der Waals surface area contributed by atoms with E-state index in [0.29, 0.717) is 31.7 Å². The Bertz CT molecular complexity index is 958. The van der Waals surface area contributed by atoms with E-state index >= 15 is 0 Å². The molecule has 0 unspecified atom stereocenters. The van der Waals surface area contributed by atoms with Crippen LogP contribution in [0.3, 0.4) is 0 Å². The Morgan fingerprint density at radius 3 is 2.50 bits per heavy atom. The maximum atomic E-state index is 12.9. The molecule has 1 saturated heterocycles. The van der Waals surface area contributed by atoms with Gasteiger partial charge in [-0.15, -0.1) is 6.58 Å². The number of hydrogen-bond donors (Lipinski definition) is 1. The first-order valence-electron chi connectivity index (χ1n) is 8.77. The van der Waals surface area contributed by atoms with Crippen molar-refractivity contribution in [2.24, 2.45) is 0 Å². The summed E-state index contributed by atoms with van der Waals surface area (Å²) in [6.45, 7) is 6.03. The average molecular weight is 421 g/mol. The molecule has 2 aromatic rings. The van der Waals surface area contributed by atoms with E-state index in [2.05, 4.69) is 21.2 Å². The third kappa shape index (κ3) is 4.52. The molecule has 0 radical (unpaired) electrons. The lowest BCUT2D eigenvalue weighted by molar-refractivity contribution is 0.0746. The van der Waals surface area contributed by atoms with E-state index in [1.807, 2.05) is 12.1 Å². The predicted molar refractivity (Wildman–Crippen MR) is 109 cm³/mol. The first-order valence-corrected chi connectivity index (χ1v) is 10.6. The van der Waals surface area contributed by atoms with E-state index in [-0.39, 0.29) is 22.4 Å². The van der Waals surface area contributed by atoms with Crippen molar-refractivity contribution in [1.29, 1.82) is 0 Å². The van der Waals surface area contributed by atoms with Gasteiger partial charge in [-0.2, -0.15) is 0 Å². The van der Waals surface area contributed by atoms with E-state index in [9.17, 15) is 13.2 Å². The van der Waals surface area contributed by atoms with Crippen molar-refractivity contribution in [3.05, 3.63) is 66.0 Å².